The van der Waals surface area contributed by atoms with Crippen LogP contribution < -0.4 is 0 Å². The Morgan fingerprint density at radius 1 is 0.567 bits per heavy atom. The molecule has 0 aromatic heterocycles. The molecule has 0 saturated heterocycles. The molecule has 176 valence electrons. The molecule has 3 aliphatic rings. The van der Waals surface area contributed by atoms with E-state index in [0.29, 0.717) is 37.2 Å². The van der Waals surface area contributed by atoms with Crippen molar-refractivity contribution in [2.75, 3.05) is 33.0 Å². The molecule has 0 amide bonds. The van der Waals surface area contributed by atoms with E-state index in [4.69, 9.17) is 14.6 Å². The third kappa shape index (κ3) is 21.6. The van der Waals surface area contributed by atoms with E-state index in [0.717, 1.165) is 83.7 Å². The average molecular weight is 429 g/mol. The molecule has 0 aliphatic heterocycles. The average Bonchev–Trinajstić information content (AvgIpc) is 2.77. The lowest BCUT2D eigenvalue weighted by Gasteiger charge is -2.05. The third-order valence-corrected chi connectivity index (χ3v) is 5.05. The molecule has 0 bridgehead atoms. The van der Waals surface area contributed by atoms with Gasteiger partial charge in [0.15, 0.2) is 0 Å². The van der Waals surface area contributed by atoms with Gasteiger partial charge in [0.25, 0.3) is 0 Å². The number of Topliss-reactive ketones (excluding diaryl/α,β-unsaturated/α-hetero) is 3. The minimum atomic E-state index is 0.0894. The lowest BCUT2D eigenvalue weighted by molar-refractivity contribution is -0.121. The van der Waals surface area contributed by atoms with Gasteiger partial charge in [0.2, 0.25) is 0 Å². The van der Waals surface area contributed by atoms with Crippen LogP contribution in [0.1, 0.15) is 103 Å². The summed E-state index contributed by atoms with van der Waals surface area (Å²) in [4.78, 5) is 31.4. The summed E-state index contributed by atoms with van der Waals surface area (Å²) >= 11 is 0. The first-order valence-electron chi connectivity index (χ1n) is 11.9. The second-order valence-corrected chi connectivity index (χ2v) is 7.83. The number of ketones is 3. The number of aliphatic hydroxyl groups excluding tert-OH is 1. The van der Waals surface area contributed by atoms with Crippen molar-refractivity contribution in [3.8, 4) is 0 Å². The molecular weight excluding hydrogens is 384 g/mol. The predicted molar refractivity (Wildman–Crippen MR) is 119 cm³/mol. The molecule has 3 aliphatic carbocycles. The fraction of sp³-hybridized carbons (Fsp3) is 0.875. The van der Waals surface area contributed by atoms with Crippen molar-refractivity contribution < 1.29 is 29.0 Å². The summed E-state index contributed by atoms with van der Waals surface area (Å²) in [5.74, 6) is 1.39. The van der Waals surface area contributed by atoms with Crippen LogP contribution in [-0.2, 0) is 23.9 Å². The second-order valence-electron chi connectivity index (χ2n) is 7.83. The van der Waals surface area contributed by atoms with E-state index < -0.39 is 0 Å². The van der Waals surface area contributed by atoms with Crippen molar-refractivity contribution in [2.24, 2.45) is 0 Å². The van der Waals surface area contributed by atoms with E-state index in [1.807, 2.05) is 6.92 Å². The van der Waals surface area contributed by atoms with Gasteiger partial charge in [-0.1, -0.05) is 19.3 Å². The number of hydrogen-bond donors (Lipinski definition) is 1. The molecule has 3 rings (SSSR count). The van der Waals surface area contributed by atoms with Crippen LogP contribution in [-0.4, -0.2) is 55.5 Å². The van der Waals surface area contributed by atoms with Crippen molar-refractivity contribution in [3.05, 3.63) is 0 Å². The van der Waals surface area contributed by atoms with E-state index in [9.17, 15) is 14.4 Å². The molecule has 1 N–H and O–H groups in total. The van der Waals surface area contributed by atoms with E-state index in [1.165, 1.54) is 19.3 Å². The normalized spacial score (nSPS) is 18.8. The first-order valence-corrected chi connectivity index (χ1v) is 11.9. The Hall–Kier alpha value is -1.11. The van der Waals surface area contributed by atoms with Crippen LogP contribution in [0.25, 0.3) is 0 Å². The molecule has 0 aromatic rings. The van der Waals surface area contributed by atoms with Gasteiger partial charge in [0.05, 0.1) is 26.4 Å². The first kappa shape index (κ1) is 28.9. The highest BCUT2D eigenvalue weighted by molar-refractivity contribution is 5.79. The van der Waals surface area contributed by atoms with Gasteiger partial charge in [-0.3, -0.25) is 14.4 Å². The van der Waals surface area contributed by atoms with Gasteiger partial charge in [0.1, 0.15) is 17.3 Å². The Labute approximate surface area is 183 Å². The fourth-order valence-electron chi connectivity index (χ4n) is 3.27. The van der Waals surface area contributed by atoms with Gasteiger partial charge in [-0.25, -0.2) is 0 Å². The Balaban J connectivity index is 0.000000375. The predicted octanol–water partition coefficient (Wildman–Crippen LogP) is 4.59. The Kier molecular flexibility index (Phi) is 21.7. The van der Waals surface area contributed by atoms with Crippen LogP contribution in [0.2, 0.25) is 0 Å². The number of aliphatic hydroxyl groups is 1. The maximum atomic E-state index is 10.5. The lowest BCUT2D eigenvalue weighted by Crippen LogP contribution is -2.06. The van der Waals surface area contributed by atoms with E-state index in [-0.39, 0.29) is 6.61 Å². The highest BCUT2D eigenvalue weighted by Gasteiger charge is 2.07. The molecule has 3 fully saturated rings. The maximum absolute atomic E-state index is 10.5. The van der Waals surface area contributed by atoms with Gasteiger partial charge in [-0.05, 0) is 45.4 Å². The Morgan fingerprint density at radius 2 is 0.900 bits per heavy atom. The zero-order valence-electron chi connectivity index (χ0n) is 19.1. The molecular formula is C24H44O6. The Bertz CT molecular complexity index is 353. The summed E-state index contributed by atoms with van der Waals surface area (Å²) in [7, 11) is 0. The summed E-state index contributed by atoms with van der Waals surface area (Å²) in [5.41, 5.74) is 0. The van der Waals surface area contributed by atoms with Gasteiger partial charge in [-0.2, -0.15) is 0 Å². The van der Waals surface area contributed by atoms with Crippen molar-refractivity contribution in [1.29, 1.82) is 0 Å². The van der Waals surface area contributed by atoms with Gasteiger partial charge >= 0.3 is 0 Å². The second kappa shape index (κ2) is 22.6. The van der Waals surface area contributed by atoms with Crippen molar-refractivity contribution in [3.63, 3.8) is 0 Å². The molecule has 0 unspecified atom stereocenters. The zero-order chi connectivity index (χ0) is 22.3. The molecule has 3 saturated carbocycles. The smallest absolute Gasteiger partial charge is 0.132 e. The molecule has 0 spiro atoms. The van der Waals surface area contributed by atoms with Crippen molar-refractivity contribution in [2.45, 2.75) is 103 Å². The molecule has 0 aromatic carbocycles. The largest absolute Gasteiger partial charge is 0.394 e. The summed E-state index contributed by atoms with van der Waals surface area (Å²) in [5, 5.41) is 8.26. The van der Waals surface area contributed by atoms with Crippen molar-refractivity contribution in [1.82, 2.24) is 0 Å². The van der Waals surface area contributed by atoms with E-state index in [2.05, 4.69) is 0 Å². The minimum absolute atomic E-state index is 0.0894. The molecule has 30 heavy (non-hydrogen) atoms. The summed E-state index contributed by atoms with van der Waals surface area (Å²) < 4.78 is 9.88. The summed E-state index contributed by atoms with van der Waals surface area (Å²) in [6.07, 6.45) is 15.7. The maximum Gasteiger partial charge on any atom is 0.132 e. The first-order chi connectivity index (χ1) is 14.6. The van der Waals surface area contributed by atoms with Gasteiger partial charge in [-0.15, -0.1) is 0 Å². The molecule has 0 radical (unpaired) electrons. The van der Waals surface area contributed by atoms with Crippen LogP contribution in [0, 0.1) is 0 Å². The number of hydrogen-bond acceptors (Lipinski definition) is 6. The highest BCUT2D eigenvalue weighted by atomic mass is 16.5. The number of rotatable bonds is 6. The monoisotopic (exact) mass is 428 g/mol. The van der Waals surface area contributed by atoms with Gasteiger partial charge < -0.3 is 14.6 Å². The SMILES string of the molecule is CCOCCOCCO.O=C1CCCCC1.O=C1CCCCC1.O=C1CCCCC1. The van der Waals surface area contributed by atoms with Gasteiger partial charge in [0, 0.05) is 45.1 Å². The van der Waals surface area contributed by atoms with Crippen LogP contribution in [0.15, 0.2) is 0 Å². The summed E-state index contributed by atoms with van der Waals surface area (Å²) in [6.45, 7) is 4.36. The third-order valence-electron chi connectivity index (χ3n) is 5.05. The van der Waals surface area contributed by atoms with Crippen LogP contribution in [0.5, 0.6) is 0 Å². The van der Waals surface area contributed by atoms with E-state index in [1.54, 1.807) is 0 Å². The molecule has 0 heterocycles. The molecule has 0 atom stereocenters. The zero-order valence-corrected chi connectivity index (χ0v) is 19.1. The standard InChI is InChI=1S/C6H14O3.3C6H10O/c1-2-8-5-6-9-4-3-7;3*7-6-4-2-1-3-5-6/h7H,2-6H2,1H3;3*1-5H2. The van der Waals surface area contributed by atoms with Crippen LogP contribution in [0.4, 0.5) is 0 Å². The number of carbonyl (C=O) groups is 3. The van der Waals surface area contributed by atoms with Crippen molar-refractivity contribution >= 4 is 17.3 Å². The Morgan fingerprint density at radius 3 is 1.13 bits per heavy atom. The minimum Gasteiger partial charge on any atom is -0.394 e. The highest BCUT2D eigenvalue weighted by Crippen LogP contribution is 2.13. The number of ether oxygens (including phenoxy) is 2. The summed E-state index contributed by atoms with van der Waals surface area (Å²) in [6, 6.07) is 0. The van der Waals surface area contributed by atoms with E-state index >= 15 is 0 Å². The van der Waals surface area contributed by atoms with Crippen LogP contribution >= 0.6 is 0 Å². The number of carbonyl (C=O) groups excluding carboxylic acids is 3. The molecule has 6 heteroatoms. The topological polar surface area (TPSA) is 89.9 Å². The fourth-order valence-corrected chi connectivity index (χ4v) is 3.27. The van der Waals surface area contributed by atoms with Crippen LogP contribution in [0.3, 0.4) is 0 Å². The lowest BCUT2D eigenvalue weighted by atomic mass is 10.00. The quantitative estimate of drug-likeness (QED) is 0.622. The molecule has 6 nitrogen and oxygen atoms in total.